The summed E-state index contributed by atoms with van der Waals surface area (Å²) in [4.78, 5) is 16.5. The van der Waals surface area contributed by atoms with Crippen molar-refractivity contribution in [3.63, 3.8) is 0 Å². The van der Waals surface area contributed by atoms with Crippen LogP contribution in [0.25, 0.3) is 0 Å². The Kier molecular flexibility index (Phi) is 3.65. The zero-order valence-corrected chi connectivity index (χ0v) is 10.0. The predicted octanol–water partition coefficient (Wildman–Crippen LogP) is 0.331. The fourth-order valence-electron chi connectivity index (χ4n) is 1.37. The second-order valence-electron chi connectivity index (χ2n) is 3.61. The molecule has 17 heavy (non-hydrogen) atoms. The fraction of sp³-hybridized carbons (Fsp3) is 0.400. The number of aliphatic imine (C=N–C) groups is 4. The Balaban J connectivity index is 2.09. The number of nitrogens with one attached hydrogen (secondary N) is 1. The van der Waals surface area contributed by atoms with E-state index in [0.29, 0.717) is 23.5 Å². The Labute approximate surface area is 104 Å². The van der Waals surface area contributed by atoms with Crippen LogP contribution in [0.1, 0.15) is 6.92 Å². The summed E-state index contributed by atoms with van der Waals surface area (Å²) in [6.45, 7) is 2.33. The van der Waals surface area contributed by atoms with Crippen LogP contribution in [0.15, 0.2) is 31.6 Å². The highest BCUT2D eigenvalue weighted by Crippen LogP contribution is 2.10. The van der Waals surface area contributed by atoms with Gasteiger partial charge in [0.1, 0.15) is 12.2 Å². The standard InChI is InChI=1S/C10H12ClN5O/c1-6(4-17)2-3-12-8-7-9(14-5-13-8)16-10(11)15-7/h2,5,7,17H,3-4H2,1H3,(H,12,13,14,15,16)/b6-2+. The van der Waals surface area contributed by atoms with Crippen molar-refractivity contribution >= 4 is 34.9 Å². The summed E-state index contributed by atoms with van der Waals surface area (Å²) in [6.07, 6.45) is 3.26. The van der Waals surface area contributed by atoms with Gasteiger partial charge in [-0.25, -0.2) is 15.0 Å². The van der Waals surface area contributed by atoms with Crippen LogP contribution in [0.4, 0.5) is 0 Å². The molecular weight excluding hydrogens is 242 g/mol. The van der Waals surface area contributed by atoms with Gasteiger partial charge >= 0.3 is 0 Å². The quantitative estimate of drug-likeness (QED) is 0.561. The Bertz CT molecular complexity index is 463. The van der Waals surface area contributed by atoms with Crippen LogP contribution >= 0.6 is 11.6 Å². The number of aliphatic hydroxyl groups excluding tert-OH is 1. The second-order valence-corrected chi connectivity index (χ2v) is 3.97. The maximum absolute atomic E-state index is 8.84. The van der Waals surface area contributed by atoms with Gasteiger partial charge in [0.25, 0.3) is 0 Å². The summed E-state index contributed by atoms with van der Waals surface area (Å²) in [7, 11) is 0. The molecule has 6 nitrogen and oxygen atoms in total. The number of aliphatic hydroxyl groups is 1. The maximum atomic E-state index is 8.84. The molecule has 0 amide bonds. The molecule has 2 aliphatic rings. The van der Waals surface area contributed by atoms with Gasteiger partial charge in [-0.2, -0.15) is 0 Å². The first-order chi connectivity index (χ1) is 8.20. The third-order valence-corrected chi connectivity index (χ3v) is 2.50. The summed E-state index contributed by atoms with van der Waals surface area (Å²) in [6, 6.07) is -0.324. The maximum Gasteiger partial charge on any atom is 0.197 e. The van der Waals surface area contributed by atoms with Gasteiger partial charge in [0.15, 0.2) is 17.2 Å². The summed E-state index contributed by atoms with van der Waals surface area (Å²) < 4.78 is 0. The lowest BCUT2D eigenvalue weighted by Gasteiger charge is -2.10. The summed E-state index contributed by atoms with van der Waals surface area (Å²) in [5.41, 5.74) is 0.870. The largest absolute Gasteiger partial charge is 0.392 e. The molecule has 2 heterocycles. The molecule has 0 aromatic carbocycles. The topological polar surface area (TPSA) is 81.7 Å². The molecule has 0 aromatic heterocycles. The second kappa shape index (κ2) is 5.20. The van der Waals surface area contributed by atoms with Gasteiger partial charge in [-0.05, 0) is 18.5 Å². The third-order valence-electron chi connectivity index (χ3n) is 2.31. The van der Waals surface area contributed by atoms with E-state index in [1.807, 2.05) is 13.0 Å². The van der Waals surface area contributed by atoms with Gasteiger partial charge in [0, 0.05) is 0 Å². The summed E-state index contributed by atoms with van der Waals surface area (Å²) in [5, 5.41) is 12.0. The van der Waals surface area contributed by atoms with Gasteiger partial charge < -0.3 is 10.4 Å². The highest BCUT2D eigenvalue weighted by atomic mass is 35.5. The highest BCUT2D eigenvalue weighted by Gasteiger charge is 2.29. The molecule has 90 valence electrons. The molecule has 0 aliphatic carbocycles. The lowest BCUT2D eigenvalue weighted by molar-refractivity contribution is 0.331. The van der Waals surface area contributed by atoms with E-state index in [1.54, 1.807) is 0 Å². The SMILES string of the molecule is C/C(=C\CN=C1N=CN=C2NC(Cl)=NC12)CO. The van der Waals surface area contributed by atoms with Crippen LogP contribution in [0.2, 0.25) is 0 Å². The molecule has 0 aromatic rings. The van der Waals surface area contributed by atoms with E-state index in [4.69, 9.17) is 16.7 Å². The van der Waals surface area contributed by atoms with Crippen molar-refractivity contribution in [1.29, 1.82) is 0 Å². The molecule has 0 bridgehead atoms. The van der Waals surface area contributed by atoms with Crippen LogP contribution in [0, 0.1) is 0 Å². The first kappa shape index (κ1) is 11.9. The average Bonchev–Trinajstić information content (AvgIpc) is 2.70. The Hall–Kier alpha value is -1.53. The van der Waals surface area contributed by atoms with E-state index >= 15 is 0 Å². The number of rotatable bonds is 3. The molecule has 0 fully saturated rings. The van der Waals surface area contributed by atoms with Crippen molar-refractivity contribution in [3.05, 3.63) is 11.6 Å². The van der Waals surface area contributed by atoms with Crippen molar-refractivity contribution < 1.29 is 5.11 Å². The molecule has 1 atom stereocenters. The highest BCUT2D eigenvalue weighted by molar-refractivity contribution is 6.67. The van der Waals surface area contributed by atoms with E-state index in [2.05, 4.69) is 25.3 Å². The van der Waals surface area contributed by atoms with Crippen LogP contribution in [-0.2, 0) is 0 Å². The van der Waals surface area contributed by atoms with Crippen molar-refractivity contribution in [2.75, 3.05) is 13.2 Å². The van der Waals surface area contributed by atoms with Crippen molar-refractivity contribution in [1.82, 2.24) is 5.32 Å². The van der Waals surface area contributed by atoms with Crippen LogP contribution in [0.5, 0.6) is 0 Å². The number of halogens is 1. The molecule has 2 rings (SSSR count). The van der Waals surface area contributed by atoms with Crippen molar-refractivity contribution in [2.24, 2.45) is 20.0 Å². The monoisotopic (exact) mass is 253 g/mol. The predicted molar refractivity (Wildman–Crippen MR) is 69.3 cm³/mol. The normalized spacial score (nSPS) is 25.5. The Morgan fingerprint density at radius 1 is 1.71 bits per heavy atom. The summed E-state index contributed by atoms with van der Waals surface area (Å²) >= 11 is 5.76. The number of amidine groups is 3. The van der Waals surface area contributed by atoms with Crippen LogP contribution < -0.4 is 5.32 Å². The van der Waals surface area contributed by atoms with Gasteiger partial charge in [0.2, 0.25) is 0 Å². The molecule has 0 saturated carbocycles. The summed E-state index contributed by atoms with van der Waals surface area (Å²) in [5.74, 6) is 1.21. The fourth-order valence-corrected chi connectivity index (χ4v) is 1.57. The lowest BCUT2D eigenvalue weighted by Crippen LogP contribution is -2.34. The van der Waals surface area contributed by atoms with Gasteiger partial charge in [-0.3, -0.25) is 4.99 Å². The number of fused-ring (bicyclic) bond motifs is 1. The Morgan fingerprint density at radius 2 is 2.53 bits per heavy atom. The van der Waals surface area contributed by atoms with Crippen LogP contribution in [-0.4, -0.2) is 47.6 Å². The number of nitrogens with zero attached hydrogens (tertiary/aromatic N) is 4. The van der Waals surface area contributed by atoms with Gasteiger partial charge in [-0.1, -0.05) is 11.6 Å². The molecule has 2 N–H and O–H groups in total. The molecule has 0 spiro atoms. The zero-order chi connectivity index (χ0) is 12.3. The van der Waals surface area contributed by atoms with Gasteiger partial charge in [0.05, 0.1) is 13.2 Å². The van der Waals surface area contributed by atoms with E-state index < -0.39 is 0 Å². The molecule has 7 heteroatoms. The van der Waals surface area contributed by atoms with Crippen molar-refractivity contribution in [2.45, 2.75) is 13.0 Å². The van der Waals surface area contributed by atoms with E-state index in [1.165, 1.54) is 6.34 Å². The number of hydrogen-bond donors (Lipinski definition) is 2. The first-order valence-corrected chi connectivity index (χ1v) is 5.50. The smallest absolute Gasteiger partial charge is 0.197 e. The minimum atomic E-state index is -0.324. The first-order valence-electron chi connectivity index (χ1n) is 5.12. The van der Waals surface area contributed by atoms with Crippen molar-refractivity contribution in [3.8, 4) is 0 Å². The van der Waals surface area contributed by atoms with E-state index in [9.17, 15) is 0 Å². The molecule has 2 aliphatic heterocycles. The average molecular weight is 254 g/mol. The molecule has 1 unspecified atom stereocenters. The minimum absolute atomic E-state index is 0.0375. The third kappa shape index (κ3) is 2.78. The molecular formula is C10H12ClN5O. The lowest BCUT2D eigenvalue weighted by atomic mass is 10.2. The van der Waals surface area contributed by atoms with E-state index in [0.717, 1.165) is 5.57 Å². The molecule has 0 radical (unpaired) electrons. The van der Waals surface area contributed by atoms with Gasteiger partial charge in [-0.15, -0.1) is 0 Å². The zero-order valence-electron chi connectivity index (χ0n) is 9.26. The van der Waals surface area contributed by atoms with E-state index in [-0.39, 0.29) is 12.6 Å². The number of hydrogen-bond acceptors (Lipinski definition) is 5. The minimum Gasteiger partial charge on any atom is -0.392 e. The Morgan fingerprint density at radius 3 is 3.29 bits per heavy atom. The van der Waals surface area contributed by atoms with Crippen LogP contribution in [0.3, 0.4) is 0 Å². The molecule has 0 saturated heterocycles.